The minimum Gasteiger partial charge on any atom is -0.332 e. The molecule has 0 bridgehead atoms. The summed E-state index contributed by atoms with van der Waals surface area (Å²) < 4.78 is 6.84. The quantitative estimate of drug-likeness (QED) is 0.497. The molecule has 0 aliphatic carbocycles. The van der Waals surface area contributed by atoms with Crippen LogP contribution in [0.1, 0.15) is 21.6 Å². The van der Waals surface area contributed by atoms with Crippen molar-refractivity contribution in [3.05, 3.63) is 51.8 Å². The number of nitrogens with one attached hydrogen (secondary N) is 1. The molecule has 0 atom stereocenters. The standard InChI is InChI=1S/C21H19N7O3S/c1-12-3-4-15(9-13(12)2)22-16(29)10-27-6-7-28-18(21(27)30)17(24-26-28)20-23-19(25-31-20)14-5-8-32-11-14/h3-5,8-9,11H,6-7,10H2,1-2H3,(H,22,29). The van der Waals surface area contributed by atoms with Gasteiger partial charge in [-0.05, 0) is 48.6 Å². The lowest BCUT2D eigenvalue weighted by molar-refractivity contribution is -0.117. The molecule has 3 aromatic heterocycles. The first kappa shape index (κ1) is 20.1. The highest BCUT2D eigenvalue weighted by molar-refractivity contribution is 7.08. The Labute approximate surface area is 186 Å². The number of thiophene rings is 1. The largest absolute Gasteiger partial charge is 0.332 e. The van der Waals surface area contributed by atoms with E-state index in [1.54, 1.807) is 0 Å². The Morgan fingerprint density at radius 3 is 2.88 bits per heavy atom. The number of carbonyl (C=O) groups excluding carboxylic acids is 2. The molecule has 1 aromatic carbocycles. The zero-order valence-electron chi connectivity index (χ0n) is 17.4. The lowest BCUT2D eigenvalue weighted by Gasteiger charge is -2.26. The van der Waals surface area contributed by atoms with E-state index in [-0.39, 0.29) is 35.6 Å². The Morgan fingerprint density at radius 1 is 1.22 bits per heavy atom. The van der Waals surface area contributed by atoms with Crippen LogP contribution in [0, 0.1) is 13.8 Å². The van der Waals surface area contributed by atoms with Crippen LogP contribution >= 0.6 is 11.3 Å². The van der Waals surface area contributed by atoms with E-state index in [9.17, 15) is 9.59 Å². The molecule has 162 valence electrons. The third kappa shape index (κ3) is 3.66. The van der Waals surface area contributed by atoms with Gasteiger partial charge in [0.05, 0.1) is 6.54 Å². The first-order valence-corrected chi connectivity index (χ1v) is 10.9. The molecule has 1 aliphatic heterocycles. The number of aromatic nitrogens is 5. The molecule has 0 spiro atoms. The first-order chi connectivity index (χ1) is 15.5. The molecule has 5 rings (SSSR count). The molecule has 4 aromatic rings. The monoisotopic (exact) mass is 449 g/mol. The van der Waals surface area contributed by atoms with Gasteiger partial charge in [0.1, 0.15) is 6.54 Å². The van der Waals surface area contributed by atoms with Gasteiger partial charge in [0, 0.05) is 23.2 Å². The second-order valence-electron chi connectivity index (χ2n) is 7.52. The predicted octanol–water partition coefficient (Wildman–Crippen LogP) is 2.77. The number of rotatable bonds is 5. The first-order valence-electron chi connectivity index (χ1n) is 9.96. The lowest BCUT2D eigenvalue weighted by Crippen LogP contribution is -2.44. The van der Waals surface area contributed by atoms with E-state index in [1.165, 1.54) is 20.9 Å². The van der Waals surface area contributed by atoms with Gasteiger partial charge < -0.3 is 14.7 Å². The average molecular weight is 449 g/mol. The smallest absolute Gasteiger partial charge is 0.281 e. The van der Waals surface area contributed by atoms with Gasteiger partial charge in [0.25, 0.3) is 11.8 Å². The second-order valence-corrected chi connectivity index (χ2v) is 8.30. The summed E-state index contributed by atoms with van der Waals surface area (Å²) in [6.45, 7) is 4.67. The van der Waals surface area contributed by atoms with Crippen molar-refractivity contribution in [3.63, 3.8) is 0 Å². The highest BCUT2D eigenvalue weighted by Gasteiger charge is 2.33. The van der Waals surface area contributed by atoms with E-state index >= 15 is 0 Å². The molecule has 4 heterocycles. The molecule has 1 aliphatic rings. The topological polar surface area (TPSA) is 119 Å². The van der Waals surface area contributed by atoms with Crippen LogP contribution in [0.5, 0.6) is 0 Å². The van der Waals surface area contributed by atoms with Crippen LogP contribution in [0.4, 0.5) is 5.69 Å². The van der Waals surface area contributed by atoms with Gasteiger partial charge in [-0.3, -0.25) is 9.59 Å². The molecule has 0 radical (unpaired) electrons. The summed E-state index contributed by atoms with van der Waals surface area (Å²) in [4.78, 5) is 31.6. The van der Waals surface area contributed by atoms with Crippen LogP contribution < -0.4 is 5.32 Å². The third-order valence-electron chi connectivity index (χ3n) is 5.34. The van der Waals surface area contributed by atoms with Crippen molar-refractivity contribution in [3.8, 4) is 23.0 Å². The third-order valence-corrected chi connectivity index (χ3v) is 6.02. The van der Waals surface area contributed by atoms with E-state index in [4.69, 9.17) is 4.52 Å². The summed E-state index contributed by atoms with van der Waals surface area (Å²) in [5.74, 6) is -0.110. The van der Waals surface area contributed by atoms with Gasteiger partial charge >= 0.3 is 0 Å². The average Bonchev–Trinajstić information content (AvgIpc) is 3.52. The normalized spacial score (nSPS) is 13.3. The van der Waals surface area contributed by atoms with Crippen molar-refractivity contribution in [2.75, 3.05) is 18.4 Å². The predicted molar refractivity (Wildman–Crippen MR) is 117 cm³/mol. The van der Waals surface area contributed by atoms with Gasteiger partial charge in [-0.15, -0.1) is 5.10 Å². The zero-order valence-corrected chi connectivity index (χ0v) is 18.2. The van der Waals surface area contributed by atoms with E-state index < -0.39 is 0 Å². The molecule has 11 heteroatoms. The van der Waals surface area contributed by atoms with E-state index in [2.05, 4.69) is 25.8 Å². The van der Waals surface area contributed by atoms with Crippen LogP contribution in [-0.2, 0) is 11.3 Å². The van der Waals surface area contributed by atoms with Gasteiger partial charge in [0.2, 0.25) is 11.7 Å². The van der Waals surface area contributed by atoms with Crippen molar-refractivity contribution in [1.29, 1.82) is 0 Å². The lowest BCUT2D eigenvalue weighted by atomic mass is 10.1. The van der Waals surface area contributed by atoms with E-state index in [0.717, 1.165) is 16.7 Å². The number of hydrogen-bond donors (Lipinski definition) is 1. The number of fused-ring (bicyclic) bond motifs is 1. The fourth-order valence-corrected chi connectivity index (χ4v) is 4.10. The molecule has 10 nitrogen and oxygen atoms in total. The molecule has 0 fully saturated rings. The fourth-order valence-electron chi connectivity index (χ4n) is 3.46. The minimum atomic E-state index is -0.359. The maximum absolute atomic E-state index is 13.2. The number of hydrogen-bond acceptors (Lipinski definition) is 8. The Bertz CT molecular complexity index is 1310. The van der Waals surface area contributed by atoms with Crippen LogP contribution in [0.15, 0.2) is 39.5 Å². The highest BCUT2D eigenvalue weighted by Crippen LogP contribution is 2.26. The Morgan fingerprint density at radius 2 is 2.09 bits per heavy atom. The molecule has 1 N–H and O–H groups in total. The van der Waals surface area contributed by atoms with Crippen LogP contribution in [0.25, 0.3) is 23.0 Å². The Balaban J connectivity index is 1.34. The molecule has 32 heavy (non-hydrogen) atoms. The highest BCUT2D eigenvalue weighted by atomic mass is 32.1. The molecular weight excluding hydrogens is 430 g/mol. The number of amides is 2. The summed E-state index contributed by atoms with van der Waals surface area (Å²) in [7, 11) is 0. The van der Waals surface area contributed by atoms with Crippen molar-refractivity contribution >= 4 is 28.8 Å². The number of anilines is 1. The molecule has 0 saturated carbocycles. The molecule has 0 saturated heterocycles. The van der Waals surface area contributed by atoms with Crippen molar-refractivity contribution in [2.45, 2.75) is 20.4 Å². The summed E-state index contributed by atoms with van der Waals surface area (Å²) in [6.07, 6.45) is 0. The Kier molecular flexibility index (Phi) is 5.02. The van der Waals surface area contributed by atoms with Gasteiger partial charge in [-0.1, -0.05) is 16.4 Å². The molecule has 0 unspecified atom stereocenters. The van der Waals surface area contributed by atoms with Crippen molar-refractivity contribution < 1.29 is 14.1 Å². The van der Waals surface area contributed by atoms with Crippen LogP contribution in [-0.4, -0.2) is 54.9 Å². The van der Waals surface area contributed by atoms with Crippen molar-refractivity contribution in [1.82, 2.24) is 30.0 Å². The van der Waals surface area contributed by atoms with E-state index in [0.29, 0.717) is 24.6 Å². The zero-order chi connectivity index (χ0) is 22.2. The maximum atomic E-state index is 13.2. The molecular formula is C21H19N7O3S. The number of carbonyl (C=O) groups is 2. The minimum absolute atomic E-state index is 0.0830. The fraction of sp³-hybridized carbons (Fsp3) is 0.238. The van der Waals surface area contributed by atoms with Gasteiger partial charge in [-0.2, -0.15) is 16.3 Å². The molecule has 2 amide bonds. The number of aryl methyl sites for hydroxylation is 2. The SMILES string of the molecule is Cc1ccc(NC(=O)CN2CCn3nnc(-c4nc(-c5ccsc5)no4)c3C2=O)cc1C. The summed E-state index contributed by atoms with van der Waals surface area (Å²) in [5.41, 5.74) is 4.19. The van der Waals surface area contributed by atoms with Gasteiger partial charge in [0.15, 0.2) is 11.4 Å². The van der Waals surface area contributed by atoms with Crippen LogP contribution in [0.2, 0.25) is 0 Å². The summed E-state index contributed by atoms with van der Waals surface area (Å²) in [5, 5.41) is 18.8. The van der Waals surface area contributed by atoms with Crippen LogP contribution in [0.3, 0.4) is 0 Å². The second kappa shape index (κ2) is 8.00. The van der Waals surface area contributed by atoms with E-state index in [1.807, 2.05) is 48.9 Å². The van der Waals surface area contributed by atoms with Crippen molar-refractivity contribution in [2.24, 2.45) is 0 Å². The summed E-state index contributed by atoms with van der Waals surface area (Å²) in [6, 6.07) is 7.57. The number of nitrogens with zero attached hydrogens (tertiary/aromatic N) is 6. The van der Waals surface area contributed by atoms with Gasteiger partial charge in [-0.25, -0.2) is 4.68 Å². The summed E-state index contributed by atoms with van der Waals surface area (Å²) >= 11 is 1.52. The number of benzene rings is 1. The Hall–Kier alpha value is -3.86. The maximum Gasteiger partial charge on any atom is 0.281 e.